The molecule has 15 heavy (non-hydrogen) atoms. The Hall–Kier alpha value is -0.930. The van der Waals surface area contributed by atoms with Gasteiger partial charge in [-0.2, -0.15) is 0 Å². The summed E-state index contributed by atoms with van der Waals surface area (Å²) < 4.78 is 1.07. The van der Waals surface area contributed by atoms with Crippen LogP contribution in [0.3, 0.4) is 0 Å². The Labute approximate surface area is 104 Å². The van der Waals surface area contributed by atoms with Gasteiger partial charge in [-0.1, -0.05) is 0 Å². The Morgan fingerprint density at radius 2 is 2.33 bits per heavy atom. The van der Waals surface area contributed by atoms with Crippen LogP contribution in [-0.2, 0) is 4.79 Å². The summed E-state index contributed by atoms with van der Waals surface area (Å²) >= 11 is 6.35. The Balaban J connectivity index is 2.65. The zero-order valence-electron chi connectivity index (χ0n) is 7.63. The molecular weight excluding hydrogens is 326 g/mol. The summed E-state index contributed by atoms with van der Waals surface area (Å²) in [7, 11) is 0. The minimum absolute atomic E-state index is 0.176. The van der Waals surface area contributed by atoms with Crippen molar-refractivity contribution >= 4 is 43.6 Å². The minimum Gasteiger partial charge on any atom is -0.308 e. The van der Waals surface area contributed by atoms with Crippen molar-refractivity contribution in [2.45, 2.75) is 12.8 Å². The predicted molar refractivity (Wildman–Crippen MR) is 64.1 cm³/mol. The molecule has 78 valence electrons. The van der Waals surface area contributed by atoms with Gasteiger partial charge in [0.1, 0.15) is 9.21 Å². The average molecular weight is 333 g/mol. The van der Waals surface area contributed by atoms with Crippen molar-refractivity contribution in [3.05, 3.63) is 15.4 Å². The molecule has 0 saturated heterocycles. The molecule has 0 atom stereocenters. The minimum atomic E-state index is -0.176. The smallest absolute Gasteiger partial charge is 0.226 e. The average Bonchev–Trinajstić information content (AvgIpc) is 2.19. The largest absolute Gasteiger partial charge is 0.308 e. The maximum atomic E-state index is 11.3. The normalized spacial score (nSPS) is 9.40. The molecule has 6 heteroatoms. The van der Waals surface area contributed by atoms with Crippen molar-refractivity contribution < 1.29 is 4.79 Å². The fourth-order valence-electron chi connectivity index (χ4n) is 0.811. The van der Waals surface area contributed by atoms with Gasteiger partial charge in [0.2, 0.25) is 5.91 Å². The third-order valence-electron chi connectivity index (χ3n) is 1.45. The van der Waals surface area contributed by atoms with Crippen LogP contribution < -0.4 is 5.32 Å². The third-order valence-corrected chi connectivity index (χ3v) is 2.39. The maximum Gasteiger partial charge on any atom is 0.226 e. The van der Waals surface area contributed by atoms with E-state index < -0.39 is 0 Å². The fourth-order valence-corrected chi connectivity index (χ4v) is 1.72. The lowest BCUT2D eigenvalue weighted by molar-refractivity contribution is -0.116. The lowest BCUT2D eigenvalue weighted by atomic mass is 10.3. The van der Waals surface area contributed by atoms with Gasteiger partial charge in [-0.05, 0) is 31.9 Å². The van der Waals surface area contributed by atoms with Gasteiger partial charge < -0.3 is 5.32 Å². The zero-order chi connectivity index (χ0) is 11.3. The van der Waals surface area contributed by atoms with Crippen LogP contribution in [0.25, 0.3) is 0 Å². The SMILES string of the molecule is C#CCCC(=O)Nc1ncc(Br)nc1Br. The molecular formula is C9H7Br2N3O. The van der Waals surface area contributed by atoms with E-state index in [1.165, 1.54) is 6.20 Å². The van der Waals surface area contributed by atoms with Crippen LogP contribution in [0.1, 0.15) is 12.8 Å². The van der Waals surface area contributed by atoms with E-state index in [0.717, 1.165) is 0 Å². The quantitative estimate of drug-likeness (QED) is 0.864. The van der Waals surface area contributed by atoms with E-state index >= 15 is 0 Å². The molecule has 0 aliphatic rings. The van der Waals surface area contributed by atoms with E-state index in [4.69, 9.17) is 6.42 Å². The highest BCUT2D eigenvalue weighted by molar-refractivity contribution is 9.11. The summed E-state index contributed by atoms with van der Waals surface area (Å²) in [6.45, 7) is 0. The molecule has 0 unspecified atom stereocenters. The maximum absolute atomic E-state index is 11.3. The number of carbonyl (C=O) groups excluding carboxylic acids is 1. The molecule has 1 aromatic heterocycles. The highest BCUT2D eigenvalue weighted by Gasteiger charge is 2.07. The molecule has 0 aliphatic heterocycles. The monoisotopic (exact) mass is 331 g/mol. The first-order valence-corrected chi connectivity index (χ1v) is 5.63. The highest BCUT2D eigenvalue weighted by atomic mass is 79.9. The summed E-state index contributed by atoms with van der Waals surface area (Å²) in [6.07, 6.45) is 7.24. The molecule has 0 saturated carbocycles. The number of terminal acetylenes is 1. The van der Waals surface area contributed by atoms with E-state index in [-0.39, 0.29) is 12.3 Å². The highest BCUT2D eigenvalue weighted by Crippen LogP contribution is 2.19. The van der Waals surface area contributed by atoms with Crippen LogP contribution in [0.15, 0.2) is 15.4 Å². The molecule has 0 spiro atoms. The number of hydrogen-bond donors (Lipinski definition) is 1. The van der Waals surface area contributed by atoms with Crippen molar-refractivity contribution in [3.63, 3.8) is 0 Å². The molecule has 0 bridgehead atoms. The first kappa shape index (κ1) is 12.1. The van der Waals surface area contributed by atoms with Gasteiger partial charge in [-0.3, -0.25) is 4.79 Å². The van der Waals surface area contributed by atoms with Crippen LogP contribution in [-0.4, -0.2) is 15.9 Å². The van der Waals surface area contributed by atoms with Crippen LogP contribution in [0.2, 0.25) is 0 Å². The zero-order valence-corrected chi connectivity index (χ0v) is 10.8. The first-order valence-electron chi connectivity index (χ1n) is 4.05. The molecule has 0 aliphatic carbocycles. The molecule has 1 amide bonds. The molecule has 0 aromatic carbocycles. The molecule has 1 rings (SSSR count). The summed E-state index contributed by atoms with van der Waals surface area (Å²) in [6, 6.07) is 0. The topological polar surface area (TPSA) is 54.9 Å². The van der Waals surface area contributed by atoms with E-state index in [9.17, 15) is 4.79 Å². The van der Waals surface area contributed by atoms with Gasteiger partial charge in [-0.25, -0.2) is 9.97 Å². The summed E-state index contributed by atoms with van der Waals surface area (Å²) in [5.41, 5.74) is 0. The second-order valence-electron chi connectivity index (χ2n) is 2.58. The Morgan fingerprint density at radius 3 is 2.93 bits per heavy atom. The van der Waals surface area contributed by atoms with Gasteiger partial charge >= 0.3 is 0 Å². The van der Waals surface area contributed by atoms with Crippen molar-refractivity contribution in [1.29, 1.82) is 0 Å². The Kier molecular flexibility index (Phi) is 4.72. The molecule has 0 radical (unpaired) electrons. The van der Waals surface area contributed by atoms with Crippen LogP contribution in [0, 0.1) is 12.3 Å². The van der Waals surface area contributed by atoms with Crippen molar-refractivity contribution in [3.8, 4) is 12.3 Å². The molecule has 1 N–H and O–H groups in total. The summed E-state index contributed by atoms with van der Waals surface area (Å²) in [5.74, 6) is 2.61. The van der Waals surface area contributed by atoms with E-state index in [0.29, 0.717) is 21.4 Å². The van der Waals surface area contributed by atoms with Crippen LogP contribution in [0.5, 0.6) is 0 Å². The van der Waals surface area contributed by atoms with Gasteiger partial charge in [-0.15, -0.1) is 12.3 Å². The number of nitrogens with one attached hydrogen (secondary N) is 1. The number of anilines is 1. The van der Waals surface area contributed by atoms with Gasteiger partial charge in [0.15, 0.2) is 5.82 Å². The standard InChI is InChI=1S/C9H7Br2N3O/c1-2-3-4-7(15)14-9-8(11)13-6(10)5-12-9/h1,5H,3-4H2,(H,12,14,15). The lowest BCUT2D eigenvalue weighted by Crippen LogP contribution is -2.12. The molecule has 1 heterocycles. The number of amides is 1. The first-order chi connectivity index (χ1) is 7.13. The predicted octanol–water partition coefficient (Wildman–Crippen LogP) is 2.35. The van der Waals surface area contributed by atoms with Gasteiger partial charge in [0.25, 0.3) is 0 Å². The number of aromatic nitrogens is 2. The van der Waals surface area contributed by atoms with Crippen LogP contribution in [0.4, 0.5) is 5.82 Å². The second-order valence-corrected chi connectivity index (χ2v) is 4.15. The van der Waals surface area contributed by atoms with Crippen molar-refractivity contribution in [2.24, 2.45) is 0 Å². The van der Waals surface area contributed by atoms with Crippen LogP contribution >= 0.6 is 31.9 Å². The summed E-state index contributed by atoms with van der Waals surface area (Å²) in [5, 5.41) is 2.60. The molecule has 4 nitrogen and oxygen atoms in total. The number of rotatable bonds is 3. The van der Waals surface area contributed by atoms with E-state index in [1.54, 1.807) is 0 Å². The number of carbonyl (C=O) groups is 1. The number of hydrogen-bond acceptors (Lipinski definition) is 3. The van der Waals surface area contributed by atoms with Gasteiger partial charge in [0, 0.05) is 12.8 Å². The van der Waals surface area contributed by atoms with E-state index in [2.05, 4.69) is 53.1 Å². The van der Waals surface area contributed by atoms with Gasteiger partial charge in [0.05, 0.1) is 6.20 Å². The van der Waals surface area contributed by atoms with E-state index in [1.807, 2.05) is 0 Å². The third kappa shape index (κ3) is 3.98. The number of nitrogens with zero attached hydrogens (tertiary/aromatic N) is 2. The Bertz CT molecular complexity index is 414. The fraction of sp³-hybridized carbons (Fsp3) is 0.222. The second kappa shape index (κ2) is 5.83. The molecule has 0 fully saturated rings. The number of halogens is 2. The summed E-state index contributed by atoms with van der Waals surface area (Å²) in [4.78, 5) is 19.3. The Morgan fingerprint density at radius 1 is 1.60 bits per heavy atom. The lowest BCUT2D eigenvalue weighted by Gasteiger charge is -2.04. The molecule has 1 aromatic rings. The van der Waals surface area contributed by atoms with Crippen molar-refractivity contribution in [2.75, 3.05) is 5.32 Å². The van der Waals surface area contributed by atoms with Crippen molar-refractivity contribution in [1.82, 2.24) is 9.97 Å².